The van der Waals surface area contributed by atoms with Crippen molar-refractivity contribution in [3.63, 3.8) is 0 Å². The number of amides is 2. The van der Waals surface area contributed by atoms with Gasteiger partial charge in [0.15, 0.2) is 27.3 Å². The fourth-order valence-corrected chi connectivity index (χ4v) is 9.16. The molecular formula is C29H32ClF3N2O6S. The number of benzene rings is 2. The minimum absolute atomic E-state index is 0.0178. The summed E-state index contributed by atoms with van der Waals surface area (Å²) in [7, 11) is -4.08. The average molecular weight is 629 g/mol. The van der Waals surface area contributed by atoms with Gasteiger partial charge in [0, 0.05) is 49.1 Å². The molecule has 0 radical (unpaired) electrons. The number of hydrogen-bond acceptors (Lipinski definition) is 6. The van der Waals surface area contributed by atoms with Crippen molar-refractivity contribution < 1.29 is 41.0 Å². The van der Waals surface area contributed by atoms with E-state index in [1.165, 1.54) is 12.1 Å². The monoisotopic (exact) mass is 628 g/mol. The highest BCUT2D eigenvalue weighted by Gasteiger charge is 2.58. The molecule has 1 saturated heterocycles. The van der Waals surface area contributed by atoms with Crippen molar-refractivity contribution in [3.8, 4) is 0 Å². The summed E-state index contributed by atoms with van der Waals surface area (Å²) in [4.78, 5) is 25.3. The predicted molar refractivity (Wildman–Crippen MR) is 148 cm³/mol. The Balaban J connectivity index is 1.32. The molecule has 1 aliphatic heterocycles. The third-order valence-electron chi connectivity index (χ3n) is 9.07. The molecule has 3 fully saturated rings. The summed E-state index contributed by atoms with van der Waals surface area (Å²) >= 11 is 6.30. The highest BCUT2D eigenvalue weighted by Crippen LogP contribution is 2.54. The third kappa shape index (κ3) is 5.78. The molecule has 5 atom stereocenters. The lowest BCUT2D eigenvalue weighted by molar-refractivity contribution is -0.131. The summed E-state index contributed by atoms with van der Waals surface area (Å²) in [6, 6.07) is 4.83. The number of carbonyl (C=O) groups excluding carboxylic acids is 2. The maximum absolute atomic E-state index is 13.9. The Kier molecular flexibility index (Phi) is 8.63. The molecule has 2 bridgehead atoms. The van der Waals surface area contributed by atoms with Crippen LogP contribution in [0.25, 0.3) is 0 Å². The number of nitrogens with one attached hydrogen (secondary N) is 2. The summed E-state index contributed by atoms with van der Waals surface area (Å²) < 4.78 is 73.5. The van der Waals surface area contributed by atoms with E-state index in [-0.39, 0.29) is 70.1 Å². The molecule has 0 aromatic heterocycles. The molecule has 42 heavy (non-hydrogen) atoms. The molecule has 13 heteroatoms. The van der Waals surface area contributed by atoms with Crippen LogP contribution in [-0.4, -0.2) is 55.9 Å². The van der Waals surface area contributed by atoms with E-state index in [1.807, 2.05) is 6.92 Å². The standard InChI is InChI=1S/C29H32ClF3N2O6S/c1-15-8-18-10-20(13-21(15)29(18,38)14-34-27(36)16-4-6-41-7-5-16)42(39,40)25-9-17(2-3-22(25)30)28(37)35-19-11-23(31)26(33)24(32)12-19/h2-3,9,11-12,15-16,18,20-21,38H,4-8,10,13-14H2,1H3,(H,34,36)(H,35,37)/t15-,18?,20+,21+,29+/m0/s1. The number of sulfone groups is 1. The summed E-state index contributed by atoms with van der Waals surface area (Å²) in [5, 5.41) is 15.9. The van der Waals surface area contributed by atoms with E-state index >= 15 is 0 Å². The quantitative estimate of drug-likeness (QED) is 0.389. The van der Waals surface area contributed by atoms with Crippen LogP contribution >= 0.6 is 11.6 Å². The van der Waals surface area contributed by atoms with E-state index in [0.29, 0.717) is 44.6 Å². The maximum Gasteiger partial charge on any atom is 0.255 e. The SMILES string of the molecule is C[C@H]1CC2C[C@@H](S(=O)(=O)c3cc(C(=O)Nc4cc(F)c(F)c(F)c4)ccc3Cl)C[C@H]1[C@@]2(O)CNC(=O)C1CCOCC1. The van der Waals surface area contributed by atoms with Gasteiger partial charge in [0.25, 0.3) is 5.91 Å². The van der Waals surface area contributed by atoms with Gasteiger partial charge < -0.3 is 20.5 Å². The number of carbonyl (C=O) groups is 2. The van der Waals surface area contributed by atoms with Crippen LogP contribution in [0.4, 0.5) is 18.9 Å². The zero-order valence-corrected chi connectivity index (χ0v) is 24.4. The molecule has 5 rings (SSSR count). The van der Waals surface area contributed by atoms with Crippen molar-refractivity contribution in [2.24, 2.45) is 23.7 Å². The van der Waals surface area contributed by atoms with E-state index in [0.717, 1.165) is 6.07 Å². The Morgan fingerprint density at radius 3 is 2.38 bits per heavy atom. The van der Waals surface area contributed by atoms with Gasteiger partial charge in [-0.3, -0.25) is 9.59 Å². The smallest absolute Gasteiger partial charge is 0.255 e. The highest BCUT2D eigenvalue weighted by atomic mass is 35.5. The lowest BCUT2D eigenvalue weighted by Crippen LogP contribution is -2.56. The molecule has 1 unspecified atom stereocenters. The summed E-state index contributed by atoms with van der Waals surface area (Å²) in [6.07, 6.45) is 2.12. The van der Waals surface area contributed by atoms with Crippen LogP contribution in [0, 0.1) is 41.1 Å². The topological polar surface area (TPSA) is 122 Å². The largest absolute Gasteiger partial charge is 0.387 e. The number of halogens is 4. The molecule has 8 nitrogen and oxygen atoms in total. The Hall–Kier alpha value is -2.67. The van der Waals surface area contributed by atoms with Gasteiger partial charge in [-0.1, -0.05) is 18.5 Å². The molecule has 2 amide bonds. The Bertz CT molecular complexity index is 1480. The first-order chi connectivity index (χ1) is 19.8. The van der Waals surface area contributed by atoms with E-state index in [9.17, 15) is 36.3 Å². The molecule has 2 aromatic rings. The second kappa shape index (κ2) is 11.8. The van der Waals surface area contributed by atoms with Crippen molar-refractivity contribution in [2.45, 2.75) is 54.8 Å². The van der Waals surface area contributed by atoms with Crippen LogP contribution in [-0.2, 0) is 19.4 Å². The molecular weight excluding hydrogens is 597 g/mol. The van der Waals surface area contributed by atoms with Crippen LogP contribution in [0.3, 0.4) is 0 Å². The number of fused-ring (bicyclic) bond motifs is 2. The lowest BCUT2D eigenvalue weighted by atomic mass is 9.73. The minimum atomic E-state index is -4.08. The fourth-order valence-electron chi connectivity index (χ4n) is 6.78. The Morgan fingerprint density at radius 2 is 1.74 bits per heavy atom. The second-order valence-electron chi connectivity index (χ2n) is 11.6. The zero-order chi connectivity index (χ0) is 30.4. The fraction of sp³-hybridized carbons (Fsp3) is 0.517. The van der Waals surface area contributed by atoms with Crippen molar-refractivity contribution in [1.29, 1.82) is 0 Å². The number of aliphatic hydroxyl groups is 1. The van der Waals surface area contributed by atoms with Crippen molar-refractivity contribution in [3.05, 3.63) is 58.4 Å². The van der Waals surface area contributed by atoms with E-state index in [1.54, 1.807) is 0 Å². The molecule has 2 saturated carbocycles. The molecule has 3 N–H and O–H groups in total. The van der Waals surface area contributed by atoms with Crippen LogP contribution in [0.1, 0.15) is 49.4 Å². The molecule has 3 aliphatic rings. The first-order valence-electron chi connectivity index (χ1n) is 13.9. The molecule has 1 heterocycles. The second-order valence-corrected chi connectivity index (χ2v) is 14.2. The zero-order valence-electron chi connectivity index (χ0n) is 22.8. The van der Waals surface area contributed by atoms with Crippen molar-refractivity contribution in [1.82, 2.24) is 5.32 Å². The normalized spacial score (nSPS) is 28.0. The van der Waals surface area contributed by atoms with E-state index in [2.05, 4.69) is 10.6 Å². The average Bonchev–Trinajstić information content (AvgIpc) is 3.07. The van der Waals surface area contributed by atoms with Gasteiger partial charge >= 0.3 is 0 Å². The van der Waals surface area contributed by atoms with Crippen molar-refractivity contribution in [2.75, 3.05) is 25.1 Å². The first kappa shape index (κ1) is 30.8. The van der Waals surface area contributed by atoms with Gasteiger partial charge in [-0.05, 0) is 68.1 Å². The molecule has 0 spiro atoms. The Morgan fingerprint density at radius 1 is 1.07 bits per heavy atom. The van der Waals surface area contributed by atoms with Crippen LogP contribution in [0.2, 0.25) is 5.02 Å². The number of rotatable bonds is 7. The van der Waals surface area contributed by atoms with Gasteiger partial charge in [-0.15, -0.1) is 0 Å². The van der Waals surface area contributed by atoms with Crippen LogP contribution < -0.4 is 10.6 Å². The maximum atomic E-state index is 13.9. The number of ether oxygens (including phenoxy) is 1. The predicted octanol–water partition coefficient (Wildman–Crippen LogP) is 4.49. The van der Waals surface area contributed by atoms with Crippen molar-refractivity contribution >= 4 is 38.9 Å². The molecule has 228 valence electrons. The van der Waals surface area contributed by atoms with E-state index < -0.39 is 44.0 Å². The Labute approximate surface area is 246 Å². The number of anilines is 1. The van der Waals surface area contributed by atoms with Gasteiger partial charge in [-0.2, -0.15) is 0 Å². The van der Waals surface area contributed by atoms with Crippen LogP contribution in [0.5, 0.6) is 0 Å². The first-order valence-corrected chi connectivity index (χ1v) is 15.8. The van der Waals surface area contributed by atoms with E-state index in [4.69, 9.17) is 16.3 Å². The highest BCUT2D eigenvalue weighted by molar-refractivity contribution is 7.92. The van der Waals surface area contributed by atoms with Gasteiger partial charge in [0.2, 0.25) is 5.91 Å². The summed E-state index contributed by atoms with van der Waals surface area (Å²) in [5.41, 5.74) is -1.74. The van der Waals surface area contributed by atoms with Crippen LogP contribution in [0.15, 0.2) is 35.2 Å². The minimum Gasteiger partial charge on any atom is -0.387 e. The number of hydrogen-bond donors (Lipinski definition) is 3. The molecule has 2 aromatic carbocycles. The van der Waals surface area contributed by atoms with Gasteiger partial charge in [0.1, 0.15) is 0 Å². The van der Waals surface area contributed by atoms with Gasteiger partial charge in [0.05, 0.1) is 20.8 Å². The summed E-state index contributed by atoms with van der Waals surface area (Å²) in [6.45, 7) is 3.03. The third-order valence-corrected chi connectivity index (χ3v) is 11.7. The molecule has 2 aliphatic carbocycles. The van der Waals surface area contributed by atoms with Gasteiger partial charge in [-0.25, -0.2) is 21.6 Å². The summed E-state index contributed by atoms with van der Waals surface area (Å²) in [5.74, 6) is -6.61. The lowest BCUT2D eigenvalue weighted by Gasteiger charge is -2.43.